The molecular weight excluding hydrogens is 348 g/mol. The lowest BCUT2D eigenvalue weighted by Gasteiger charge is -2.30. The van der Waals surface area contributed by atoms with Crippen molar-refractivity contribution in [2.24, 2.45) is 0 Å². The molecule has 1 atom stereocenters. The topological polar surface area (TPSA) is 29.8 Å². The maximum absolute atomic E-state index is 14.7. The fraction of sp³-hybridized carbons (Fsp3) is 0.381. The molecule has 1 aliphatic heterocycles. The summed E-state index contributed by atoms with van der Waals surface area (Å²) in [5.74, 6) is -1.17. The van der Waals surface area contributed by atoms with E-state index in [1.165, 1.54) is 12.1 Å². The van der Waals surface area contributed by atoms with Crippen molar-refractivity contribution in [3.63, 3.8) is 0 Å². The van der Waals surface area contributed by atoms with Gasteiger partial charge in [0.05, 0.1) is 29.7 Å². The quantitative estimate of drug-likeness (QED) is 0.702. The number of aryl methyl sites for hydroxylation is 2. The van der Waals surface area contributed by atoms with Gasteiger partial charge in [-0.05, 0) is 56.3 Å². The van der Waals surface area contributed by atoms with Gasteiger partial charge in [0, 0.05) is 25.7 Å². The molecule has 2 aromatic heterocycles. The summed E-state index contributed by atoms with van der Waals surface area (Å²) < 4.78 is 37.2. The summed E-state index contributed by atoms with van der Waals surface area (Å²) in [7, 11) is 2.05. The number of nitrogens with zero attached hydrogens (tertiary/aromatic N) is 3. The van der Waals surface area contributed by atoms with Gasteiger partial charge in [-0.25, -0.2) is 13.8 Å². The average molecular weight is 371 g/mol. The van der Waals surface area contributed by atoms with Crippen LogP contribution in [0.25, 0.3) is 16.9 Å². The lowest BCUT2D eigenvalue weighted by atomic mass is 10.0. The van der Waals surface area contributed by atoms with Crippen LogP contribution in [0.1, 0.15) is 16.8 Å². The Hall–Kier alpha value is -2.31. The van der Waals surface area contributed by atoms with Crippen LogP contribution >= 0.6 is 0 Å². The molecule has 0 amide bonds. The van der Waals surface area contributed by atoms with Gasteiger partial charge in [-0.2, -0.15) is 0 Å². The summed E-state index contributed by atoms with van der Waals surface area (Å²) in [6.45, 7) is 5.96. The number of imidazole rings is 1. The molecule has 3 aromatic rings. The minimum atomic E-state index is -0.587. The molecule has 0 radical (unpaired) electrons. The van der Waals surface area contributed by atoms with Crippen LogP contribution in [-0.4, -0.2) is 47.1 Å². The van der Waals surface area contributed by atoms with Gasteiger partial charge in [0.2, 0.25) is 0 Å². The molecule has 0 aliphatic carbocycles. The van der Waals surface area contributed by atoms with Crippen LogP contribution in [0.2, 0.25) is 0 Å². The normalized spacial score (nSPS) is 18.3. The van der Waals surface area contributed by atoms with E-state index < -0.39 is 11.6 Å². The van der Waals surface area contributed by atoms with Gasteiger partial charge in [0.25, 0.3) is 0 Å². The summed E-state index contributed by atoms with van der Waals surface area (Å²) in [5, 5.41) is 0. The van der Waals surface area contributed by atoms with Crippen LogP contribution in [0.4, 0.5) is 8.78 Å². The van der Waals surface area contributed by atoms with Gasteiger partial charge < -0.3 is 14.0 Å². The van der Waals surface area contributed by atoms with E-state index in [1.54, 1.807) is 6.92 Å². The number of pyridine rings is 1. The number of fused-ring (bicyclic) bond motifs is 1. The van der Waals surface area contributed by atoms with E-state index in [-0.39, 0.29) is 11.7 Å². The number of halogens is 2. The Morgan fingerprint density at radius 1 is 1.15 bits per heavy atom. The number of ether oxygens (including phenoxy) is 1. The molecule has 1 unspecified atom stereocenters. The van der Waals surface area contributed by atoms with Crippen LogP contribution in [0.15, 0.2) is 30.5 Å². The van der Waals surface area contributed by atoms with Crippen molar-refractivity contribution in [2.45, 2.75) is 26.4 Å². The van der Waals surface area contributed by atoms with Crippen molar-refractivity contribution in [1.82, 2.24) is 14.3 Å². The van der Waals surface area contributed by atoms with E-state index >= 15 is 0 Å². The molecule has 6 heteroatoms. The lowest BCUT2D eigenvalue weighted by molar-refractivity contribution is -0.0190. The number of benzene rings is 1. The van der Waals surface area contributed by atoms with Crippen molar-refractivity contribution in [3.05, 3.63) is 58.9 Å². The zero-order valence-electron chi connectivity index (χ0n) is 15.8. The molecule has 4 rings (SSSR count). The Morgan fingerprint density at radius 2 is 1.89 bits per heavy atom. The molecule has 1 saturated heterocycles. The molecule has 1 fully saturated rings. The fourth-order valence-electron chi connectivity index (χ4n) is 3.72. The largest absolute Gasteiger partial charge is 0.375 e. The van der Waals surface area contributed by atoms with Crippen LogP contribution in [0.3, 0.4) is 0 Å². The molecule has 0 bridgehead atoms. The number of hydrogen-bond donors (Lipinski definition) is 0. The second-order valence-electron chi connectivity index (χ2n) is 7.40. The van der Waals surface area contributed by atoms with E-state index in [9.17, 15) is 8.78 Å². The van der Waals surface area contributed by atoms with E-state index in [2.05, 4.69) is 9.88 Å². The van der Waals surface area contributed by atoms with E-state index in [0.717, 1.165) is 24.3 Å². The van der Waals surface area contributed by atoms with Crippen LogP contribution in [0.5, 0.6) is 0 Å². The maximum Gasteiger partial charge on any atom is 0.137 e. The molecule has 1 aromatic carbocycles. The first-order valence-electron chi connectivity index (χ1n) is 9.16. The smallest absolute Gasteiger partial charge is 0.137 e. The van der Waals surface area contributed by atoms with Crippen LogP contribution in [-0.2, 0) is 11.2 Å². The third-order valence-corrected chi connectivity index (χ3v) is 5.07. The predicted molar refractivity (Wildman–Crippen MR) is 101 cm³/mol. The van der Waals surface area contributed by atoms with E-state index in [1.807, 2.05) is 36.7 Å². The van der Waals surface area contributed by atoms with Crippen molar-refractivity contribution >= 4 is 5.65 Å². The monoisotopic (exact) mass is 371 g/mol. The minimum Gasteiger partial charge on any atom is -0.375 e. The van der Waals surface area contributed by atoms with Gasteiger partial charge in [0.1, 0.15) is 17.3 Å². The third kappa shape index (κ3) is 3.47. The number of morpholine rings is 1. The number of hydrogen-bond acceptors (Lipinski definition) is 3. The van der Waals surface area contributed by atoms with Crippen LogP contribution in [0, 0.1) is 25.5 Å². The van der Waals surface area contributed by atoms with Gasteiger partial charge in [-0.3, -0.25) is 0 Å². The summed E-state index contributed by atoms with van der Waals surface area (Å²) in [5.41, 5.74) is 3.33. The molecule has 3 heterocycles. The van der Waals surface area contributed by atoms with Gasteiger partial charge in [-0.15, -0.1) is 0 Å². The molecule has 4 nitrogen and oxygen atoms in total. The summed E-state index contributed by atoms with van der Waals surface area (Å²) in [6.07, 6.45) is 2.41. The predicted octanol–water partition coefficient (Wildman–Crippen LogP) is 3.77. The van der Waals surface area contributed by atoms with E-state index in [4.69, 9.17) is 4.74 Å². The van der Waals surface area contributed by atoms with Crippen molar-refractivity contribution in [3.8, 4) is 11.3 Å². The Morgan fingerprint density at radius 3 is 2.59 bits per heavy atom. The van der Waals surface area contributed by atoms with Crippen LogP contribution < -0.4 is 0 Å². The SMILES string of the molecule is Cc1cc(F)c(-c2nc3cc(C)ccn3c2CC2CN(C)CCO2)c(F)c1. The molecule has 0 spiro atoms. The van der Waals surface area contributed by atoms with Crippen molar-refractivity contribution in [1.29, 1.82) is 0 Å². The molecule has 0 N–H and O–H groups in total. The Bertz CT molecular complexity index is 975. The summed E-state index contributed by atoms with van der Waals surface area (Å²) in [4.78, 5) is 6.80. The number of aromatic nitrogens is 2. The second kappa shape index (κ2) is 7.02. The summed E-state index contributed by atoms with van der Waals surface area (Å²) in [6, 6.07) is 6.59. The van der Waals surface area contributed by atoms with Crippen molar-refractivity contribution < 1.29 is 13.5 Å². The molecule has 1 aliphatic rings. The molecule has 142 valence electrons. The Kier molecular flexibility index (Phi) is 4.70. The average Bonchev–Trinajstić information content (AvgIpc) is 2.91. The minimum absolute atomic E-state index is 0.0414. The number of rotatable bonds is 3. The molecule has 0 saturated carbocycles. The van der Waals surface area contributed by atoms with Crippen molar-refractivity contribution in [2.75, 3.05) is 26.7 Å². The molecule has 27 heavy (non-hydrogen) atoms. The third-order valence-electron chi connectivity index (χ3n) is 5.07. The zero-order chi connectivity index (χ0) is 19.1. The van der Waals surface area contributed by atoms with Gasteiger partial charge in [-0.1, -0.05) is 0 Å². The Labute approximate surface area is 157 Å². The highest BCUT2D eigenvalue weighted by Gasteiger charge is 2.25. The lowest BCUT2D eigenvalue weighted by Crippen LogP contribution is -2.41. The molecular formula is C21H23F2N3O. The number of likely N-dealkylation sites (N-methyl/N-ethyl adjacent to an activating group) is 1. The first kappa shape index (κ1) is 18.1. The Balaban J connectivity index is 1.87. The fourth-order valence-corrected chi connectivity index (χ4v) is 3.72. The van der Waals surface area contributed by atoms with Gasteiger partial charge in [0.15, 0.2) is 0 Å². The van der Waals surface area contributed by atoms with Gasteiger partial charge >= 0.3 is 0 Å². The highest BCUT2D eigenvalue weighted by Crippen LogP contribution is 2.31. The highest BCUT2D eigenvalue weighted by atomic mass is 19.1. The first-order valence-corrected chi connectivity index (χ1v) is 9.16. The first-order chi connectivity index (χ1) is 12.9. The standard InChI is InChI=1S/C21H23F2N3O/c1-13-4-5-26-18(11-15-12-25(3)6-7-27-15)21(24-19(26)10-13)20-16(22)8-14(2)9-17(20)23/h4-5,8-10,15H,6-7,11-12H2,1-3H3. The summed E-state index contributed by atoms with van der Waals surface area (Å²) >= 11 is 0. The maximum atomic E-state index is 14.7. The second-order valence-corrected chi connectivity index (χ2v) is 7.40. The van der Waals surface area contributed by atoms with E-state index in [0.29, 0.717) is 29.9 Å². The zero-order valence-corrected chi connectivity index (χ0v) is 15.8. The highest BCUT2D eigenvalue weighted by molar-refractivity contribution is 5.68.